The largest absolute Gasteiger partial charge is 0.390 e. The number of rotatable bonds is 0. The Bertz CT molecular complexity index is 333. The minimum absolute atomic E-state index is 0.0772. The van der Waals surface area contributed by atoms with Gasteiger partial charge in [0.05, 0.1) is 5.60 Å². The molecule has 0 aromatic heterocycles. The van der Waals surface area contributed by atoms with Crippen LogP contribution in [0, 0.1) is 5.92 Å². The summed E-state index contributed by atoms with van der Waals surface area (Å²) in [5.74, 6) is 0.841. The molecule has 1 heterocycles. The van der Waals surface area contributed by atoms with Crippen molar-refractivity contribution in [1.82, 2.24) is 5.32 Å². The third-order valence-corrected chi connectivity index (χ3v) is 5.64. The predicted octanol–water partition coefficient (Wildman–Crippen LogP) is 5.83. The highest BCUT2D eigenvalue weighted by Gasteiger charge is 2.30. The van der Waals surface area contributed by atoms with Crippen molar-refractivity contribution >= 4 is 0 Å². The molecule has 2 heteroatoms. The molecule has 0 bridgehead atoms. The van der Waals surface area contributed by atoms with Crippen LogP contribution in [0.2, 0.25) is 0 Å². The summed E-state index contributed by atoms with van der Waals surface area (Å²) in [6, 6.07) is 0. The van der Waals surface area contributed by atoms with Crippen LogP contribution in [0.3, 0.4) is 0 Å². The van der Waals surface area contributed by atoms with Crippen molar-refractivity contribution in [3.63, 3.8) is 0 Å². The summed E-state index contributed by atoms with van der Waals surface area (Å²) in [6.45, 7) is 13.7. The topological polar surface area (TPSA) is 32.3 Å². The van der Waals surface area contributed by atoms with Crippen LogP contribution >= 0.6 is 0 Å². The molecule has 0 radical (unpaired) electrons. The van der Waals surface area contributed by atoms with Crippen molar-refractivity contribution in [2.75, 3.05) is 0 Å². The molecule has 0 aromatic rings. The number of aliphatic hydroxyl groups is 1. The molecule has 2 N–H and O–H groups in total. The fourth-order valence-electron chi connectivity index (χ4n) is 4.03. The Kier molecular flexibility index (Phi) is 8.07. The lowest BCUT2D eigenvalue weighted by Crippen LogP contribution is -2.52. The summed E-state index contributed by atoms with van der Waals surface area (Å²) in [5, 5.41) is 14.5. The average Bonchev–Trinajstić information content (AvgIpc) is 2.40. The van der Waals surface area contributed by atoms with E-state index >= 15 is 0 Å². The van der Waals surface area contributed by atoms with Gasteiger partial charge in [0.2, 0.25) is 0 Å². The van der Waals surface area contributed by atoms with Gasteiger partial charge >= 0.3 is 0 Å². The zero-order valence-corrected chi connectivity index (χ0v) is 16.8. The van der Waals surface area contributed by atoms with Crippen molar-refractivity contribution in [1.29, 1.82) is 0 Å². The van der Waals surface area contributed by atoms with E-state index in [-0.39, 0.29) is 11.1 Å². The average molecular weight is 326 g/mol. The van der Waals surface area contributed by atoms with Crippen molar-refractivity contribution in [3.8, 4) is 0 Å². The van der Waals surface area contributed by atoms with Gasteiger partial charge in [-0.3, -0.25) is 0 Å². The Labute approximate surface area is 145 Å². The molecule has 2 unspecified atom stereocenters. The van der Waals surface area contributed by atoms with E-state index in [4.69, 9.17) is 0 Å². The monoisotopic (exact) mass is 325 g/mol. The highest BCUT2D eigenvalue weighted by Crippen LogP contribution is 2.28. The first-order valence-corrected chi connectivity index (χ1v) is 10.0. The molecule has 1 rings (SSSR count). The van der Waals surface area contributed by atoms with Crippen LogP contribution in [0.25, 0.3) is 0 Å². The molecular formula is C21H43NO. The van der Waals surface area contributed by atoms with Gasteiger partial charge in [0.1, 0.15) is 0 Å². The summed E-state index contributed by atoms with van der Waals surface area (Å²) in [6.07, 6.45) is 13.3. The van der Waals surface area contributed by atoms with E-state index in [1.165, 1.54) is 51.4 Å². The number of hydrogen-bond acceptors (Lipinski definition) is 2. The van der Waals surface area contributed by atoms with Crippen LogP contribution < -0.4 is 5.32 Å². The first kappa shape index (κ1) is 21.0. The van der Waals surface area contributed by atoms with Gasteiger partial charge in [-0.2, -0.15) is 0 Å². The molecule has 138 valence electrons. The van der Waals surface area contributed by atoms with E-state index in [1.54, 1.807) is 0 Å². The molecule has 0 aliphatic carbocycles. The second kappa shape index (κ2) is 8.85. The SMILES string of the molecule is CC1CCCCCCCC(C)(O)CCC(C)(C)NC(C)(C)CC1. The van der Waals surface area contributed by atoms with Crippen molar-refractivity contribution in [2.24, 2.45) is 5.92 Å². The van der Waals surface area contributed by atoms with Gasteiger partial charge in [-0.05, 0) is 72.6 Å². The van der Waals surface area contributed by atoms with Gasteiger partial charge in [0.25, 0.3) is 0 Å². The van der Waals surface area contributed by atoms with Crippen LogP contribution in [0.1, 0.15) is 112 Å². The Morgan fingerprint density at radius 2 is 1.26 bits per heavy atom. The maximum atomic E-state index is 10.7. The maximum Gasteiger partial charge on any atom is 0.0620 e. The molecule has 1 saturated heterocycles. The molecular weight excluding hydrogens is 282 g/mol. The van der Waals surface area contributed by atoms with Crippen molar-refractivity contribution < 1.29 is 5.11 Å². The van der Waals surface area contributed by atoms with E-state index in [0.717, 1.165) is 25.2 Å². The third-order valence-electron chi connectivity index (χ3n) is 5.64. The molecule has 0 amide bonds. The van der Waals surface area contributed by atoms with Crippen LogP contribution in [0.15, 0.2) is 0 Å². The van der Waals surface area contributed by atoms with Gasteiger partial charge in [-0.15, -0.1) is 0 Å². The molecule has 1 aliphatic rings. The van der Waals surface area contributed by atoms with Crippen molar-refractivity contribution in [2.45, 2.75) is 129 Å². The van der Waals surface area contributed by atoms with E-state index in [1.807, 2.05) is 6.92 Å². The zero-order chi connectivity index (χ0) is 17.6. The minimum atomic E-state index is -0.505. The van der Waals surface area contributed by atoms with E-state index in [0.29, 0.717) is 0 Å². The summed E-state index contributed by atoms with van der Waals surface area (Å²) in [5.41, 5.74) is -0.261. The third kappa shape index (κ3) is 9.72. The lowest BCUT2D eigenvalue weighted by molar-refractivity contribution is 0.0282. The van der Waals surface area contributed by atoms with E-state index < -0.39 is 5.60 Å². The van der Waals surface area contributed by atoms with Gasteiger partial charge in [-0.1, -0.05) is 45.4 Å². The summed E-state index contributed by atoms with van der Waals surface area (Å²) in [7, 11) is 0. The highest BCUT2D eigenvalue weighted by molar-refractivity contribution is 4.90. The van der Waals surface area contributed by atoms with Crippen LogP contribution in [-0.4, -0.2) is 21.8 Å². The second-order valence-corrected chi connectivity index (χ2v) is 9.84. The van der Waals surface area contributed by atoms with Gasteiger partial charge in [-0.25, -0.2) is 0 Å². The van der Waals surface area contributed by atoms with Crippen LogP contribution in [0.5, 0.6) is 0 Å². The number of nitrogens with one attached hydrogen (secondary N) is 1. The Morgan fingerprint density at radius 1 is 0.696 bits per heavy atom. The molecule has 0 aromatic carbocycles. The smallest absolute Gasteiger partial charge is 0.0620 e. The molecule has 23 heavy (non-hydrogen) atoms. The van der Waals surface area contributed by atoms with Crippen LogP contribution in [-0.2, 0) is 0 Å². The minimum Gasteiger partial charge on any atom is -0.390 e. The molecule has 1 fully saturated rings. The quantitative estimate of drug-likeness (QED) is 0.587. The summed E-state index contributed by atoms with van der Waals surface area (Å²) >= 11 is 0. The zero-order valence-electron chi connectivity index (χ0n) is 16.8. The maximum absolute atomic E-state index is 10.7. The lowest BCUT2D eigenvalue weighted by atomic mass is 9.83. The molecule has 2 atom stereocenters. The lowest BCUT2D eigenvalue weighted by Gasteiger charge is -2.39. The highest BCUT2D eigenvalue weighted by atomic mass is 16.3. The molecule has 0 spiro atoms. The number of hydrogen-bond donors (Lipinski definition) is 2. The predicted molar refractivity (Wildman–Crippen MR) is 102 cm³/mol. The Balaban J connectivity index is 2.67. The first-order valence-electron chi connectivity index (χ1n) is 10.0. The summed E-state index contributed by atoms with van der Waals surface area (Å²) < 4.78 is 0. The first-order chi connectivity index (χ1) is 10.5. The van der Waals surface area contributed by atoms with E-state index in [9.17, 15) is 5.11 Å². The standard InChI is InChI=1S/C21H43NO/c1-18-12-10-8-7-9-11-14-21(6,23)17-16-20(4,5)22-19(2,3)15-13-18/h18,22-23H,7-17H2,1-6H3. The van der Waals surface area contributed by atoms with Gasteiger partial charge in [0, 0.05) is 11.1 Å². The second-order valence-electron chi connectivity index (χ2n) is 9.84. The van der Waals surface area contributed by atoms with E-state index in [2.05, 4.69) is 39.9 Å². The Morgan fingerprint density at radius 3 is 1.96 bits per heavy atom. The van der Waals surface area contributed by atoms with Crippen LogP contribution in [0.4, 0.5) is 0 Å². The fraction of sp³-hybridized carbons (Fsp3) is 1.00. The summed E-state index contributed by atoms with van der Waals surface area (Å²) in [4.78, 5) is 0. The van der Waals surface area contributed by atoms with Gasteiger partial charge in [0.15, 0.2) is 0 Å². The molecule has 1 aliphatic heterocycles. The molecule has 0 saturated carbocycles. The normalized spacial score (nSPS) is 34.8. The van der Waals surface area contributed by atoms with Crippen molar-refractivity contribution in [3.05, 3.63) is 0 Å². The Hall–Kier alpha value is -0.0800. The fourth-order valence-corrected chi connectivity index (χ4v) is 4.03. The van der Waals surface area contributed by atoms with Gasteiger partial charge < -0.3 is 10.4 Å². The molecule has 2 nitrogen and oxygen atoms in total.